The van der Waals surface area contributed by atoms with E-state index < -0.39 is 11.9 Å². The van der Waals surface area contributed by atoms with Crippen molar-refractivity contribution in [2.75, 3.05) is 5.32 Å². The number of carbonyl (C=O) groups is 1. The molecule has 3 aromatic carbocycles. The molecule has 5 rings (SSSR count). The summed E-state index contributed by atoms with van der Waals surface area (Å²) in [7, 11) is 0. The number of allylic oxidation sites excluding steroid dienone is 1. The molecule has 7 nitrogen and oxygen atoms in total. The van der Waals surface area contributed by atoms with Crippen molar-refractivity contribution in [3.63, 3.8) is 0 Å². The molecular formula is C27H23ClFN5O2. The van der Waals surface area contributed by atoms with E-state index in [1.54, 1.807) is 28.9 Å². The van der Waals surface area contributed by atoms with Crippen LogP contribution in [0.4, 0.5) is 10.3 Å². The molecule has 0 aliphatic carbocycles. The number of hydrogen-bond donors (Lipinski definition) is 2. The largest absolute Gasteiger partial charge is 0.489 e. The molecule has 9 heteroatoms. The van der Waals surface area contributed by atoms with Gasteiger partial charge in [0.25, 0.3) is 5.91 Å². The second kappa shape index (κ2) is 10.2. The zero-order chi connectivity index (χ0) is 25.1. The van der Waals surface area contributed by atoms with Gasteiger partial charge in [-0.15, -0.1) is 0 Å². The minimum atomic E-state index is -0.491. The van der Waals surface area contributed by atoms with Crippen molar-refractivity contribution in [1.82, 2.24) is 20.1 Å². The van der Waals surface area contributed by atoms with Crippen molar-refractivity contribution >= 4 is 23.5 Å². The van der Waals surface area contributed by atoms with Gasteiger partial charge in [-0.3, -0.25) is 4.79 Å². The molecule has 1 aliphatic heterocycles. The fraction of sp³-hybridized carbons (Fsp3) is 0.148. The quantitative estimate of drug-likeness (QED) is 0.360. The summed E-state index contributed by atoms with van der Waals surface area (Å²) in [6, 6.07) is 21.0. The Bertz CT molecular complexity index is 1400. The van der Waals surface area contributed by atoms with E-state index in [0.717, 1.165) is 11.1 Å². The molecule has 0 bridgehead atoms. The van der Waals surface area contributed by atoms with Gasteiger partial charge in [-0.05, 0) is 42.3 Å². The number of halogens is 2. The van der Waals surface area contributed by atoms with E-state index in [9.17, 15) is 9.18 Å². The predicted octanol–water partition coefficient (Wildman–Crippen LogP) is 5.25. The van der Waals surface area contributed by atoms with Gasteiger partial charge in [-0.25, -0.2) is 9.07 Å². The highest BCUT2D eigenvalue weighted by atomic mass is 35.5. The molecule has 36 heavy (non-hydrogen) atoms. The Kier molecular flexibility index (Phi) is 6.69. The molecule has 2 N–H and O–H groups in total. The van der Waals surface area contributed by atoms with Crippen molar-refractivity contribution in [1.29, 1.82) is 0 Å². The summed E-state index contributed by atoms with van der Waals surface area (Å²) in [5, 5.41) is 10.8. The molecule has 0 fully saturated rings. The lowest BCUT2D eigenvalue weighted by molar-refractivity contribution is -0.118. The maximum atomic E-state index is 14.1. The van der Waals surface area contributed by atoms with E-state index in [-0.39, 0.29) is 12.5 Å². The van der Waals surface area contributed by atoms with Gasteiger partial charge < -0.3 is 15.4 Å². The molecule has 0 radical (unpaired) electrons. The Balaban J connectivity index is 1.38. The molecule has 1 aromatic heterocycles. The third-order valence-electron chi connectivity index (χ3n) is 5.98. The summed E-state index contributed by atoms with van der Waals surface area (Å²) in [6.07, 6.45) is 1.45. The monoisotopic (exact) mass is 503 g/mol. The summed E-state index contributed by atoms with van der Waals surface area (Å²) < 4.78 is 21.5. The lowest BCUT2D eigenvalue weighted by Gasteiger charge is -2.28. The van der Waals surface area contributed by atoms with Crippen LogP contribution in [0.5, 0.6) is 5.75 Å². The molecule has 2 heterocycles. The summed E-state index contributed by atoms with van der Waals surface area (Å²) in [5.41, 5.74) is 3.35. The van der Waals surface area contributed by atoms with Gasteiger partial charge in [0, 0.05) is 17.8 Å². The van der Waals surface area contributed by atoms with Crippen molar-refractivity contribution in [2.24, 2.45) is 0 Å². The number of anilines is 1. The van der Waals surface area contributed by atoms with Crippen molar-refractivity contribution < 1.29 is 13.9 Å². The van der Waals surface area contributed by atoms with Crippen LogP contribution in [0.25, 0.3) is 0 Å². The zero-order valence-electron chi connectivity index (χ0n) is 19.4. The van der Waals surface area contributed by atoms with E-state index in [2.05, 4.69) is 20.7 Å². The van der Waals surface area contributed by atoms with E-state index in [1.807, 2.05) is 49.4 Å². The highest BCUT2D eigenvalue weighted by Crippen LogP contribution is 2.35. The highest BCUT2D eigenvalue weighted by molar-refractivity contribution is 6.31. The topological polar surface area (TPSA) is 81.1 Å². The number of aromatic nitrogens is 3. The smallest absolute Gasteiger partial charge is 0.251 e. The molecule has 1 aliphatic rings. The summed E-state index contributed by atoms with van der Waals surface area (Å²) in [4.78, 5) is 17.6. The highest BCUT2D eigenvalue weighted by Gasteiger charge is 2.33. The first-order chi connectivity index (χ1) is 17.5. The van der Waals surface area contributed by atoms with Gasteiger partial charge in [0.05, 0.1) is 10.6 Å². The predicted molar refractivity (Wildman–Crippen MR) is 135 cm³/mol. The van der Waals surface area contributed by atoms with Crippen LogP contribution >= 0.6 is 11.6 Å². The van der Waals surface area contributed by atoms with Gasteiger partial charge in [0.15, 0.2) is 0 Å². The standard InChI is InChI=1S/C27H23ClFN5O2/c1-17-24(26(35)30-14-18-6-3-2-4-7-18)25(34-27(33-17)31-16-32-34)19-10-12-20(13-11-19)36-15-21-22(28)8-5-9-23(21)29/h2-13,16,25H,14-15H2,1H3,(H,30,35)(H,31,32,33). The van der Waals surface area contributed by atoms with Crippen molar-refractivity contribution in [3.05, 3.63) is 118 Å². The number of fused-ring (bicyclic) bond motifs is 1. The minimum Gasteiger partial charge on any atom is -0.489 e. The number of amides is 1. The Morgan fingerprint density at radius 2 is 1.89 bits per heavy atom. The van der Waals surface area contributed by atoms with E-state index in [1.165, 1.54) is 12.4 Å². The molecular weight excluding hydrogens is 481 g/mol. The van der Waals surface area contributed by atoms with Crippen molar-refractivity contribution in [2.45, 2.75) is 26.1 Å². The molecule has 0 saturated carbocycles. The van der Waals surface area contributed by atoms with E-state index in [0.29, 0.717) is 40.1 Å². The molecule has 182 valence electrons. The van der Waals surface area contributed by atoms with Crippen LogP contribution in [0.2, 0.25) is 5.02 Å². The first kappa shape index (κ1) is 23.6. The van der Waals surface area contributed by atoms with E-state index in [4.69, 9.17) is 16.3 Å². The van der Waals surface area contributed by atoms with Gasteiger partial charge in [0.1, 0.15) is 30.5 Å². The molecule has 4 aromatic rings. The van der Waals surface area contributed by atoms with Gasteiger partial charge >= 0.3 is 0 Å². The molecule has 0 saturated heterocycles. The zero-order valence-corrected chi connectivity index (χ0v) is 20.2. The lowest BCUT2D eigenvalue weighted by Crippen LogP contribution is -2.34. The number of benzene rings is 3. The number of carbonyl (C=O) groups excluding carboxylic acids is 1. The van der Waals surface area contributed by atoms with Gasteiger partial charge in [-0.2, -0.15) is 10.1 Å². The number of hydrogen-bond acceptors (Lipinski definition) is 5. The maximum Gasteiger partial charge on any atom is 0.251 e. The third kappa shape index (κ3) is 4.81. The first-order valence-electron chi connectivity index (χ1n) is 11.4. The van der Waals surface area contributed by atoms with Gasteiger partial charge in [0.2, 0.25) is 5.95 Å². The Morgan fingerprint density at radius 3 is 2.64 bits per heavy atom. The SMILES string of the molecule is CC1=C(C(=O)NCc2ccccc2)C(c2ccc(OCc3c(F)cccc3Cl)cc2)n2ncnc2N1. The summed E-state index contributed by atoms with van der Waals surface area (Å²) in [6.45, 7) is 2.24. The fourth-order valence-electron chi connectivity index (χ4n) is 4.14. The Hall–Kier alpha value is -4.17. The van der Waals surface area contributed by atoms with Gasteiger partial charge in [-0.1, -0.05) is 60.1 Å². The second-order valence-corrected chi connectivity index (χ2v) is 8.73. The summed E-state index contributed by atoms with van der Waals surface area (Å²) >= 11 is 6.10. The van der Waals surface area contributed by atoms with Crippen LogP contribution < -0.4 is 15.4 Å². The molecule has 1 amide bonds. The second-order valence-electron chi connectivity index (χ2n) is 8.32. The van der Waals surface area contributed by atoms with Crippen LogP contribution in [0, 0.1) is 5.82 Å². The summed E-state index contributed by atoms with van der Waals surface area (Å²) in [5.74, 6) is 0.470. The third-order valence-corrected chi connectivity index (χ3v) is 6.33. The fourth-order valence-corrected chi connectivity index (χ4v) is 4.36. The lowest BCUT2D eigenvalue weighted by atomic mass is 9.95. The maximum absolute atomic E-state index is 14.1. The van der Waals surface area contributed by atoms with Crippen LogP contribution in [-0.2, 0) is 17.9 Å². The van der Waals surface area contributed by atoms with Crippen molar-refractivity contribution in [3.8, 4) is 5.75 Å². The normalized spacial score (nSPS) is 14.7. The van der Waals surface area contributed by atoms with Crippen LogP contribution in [-0.4, -0.2) is 20.7 Å². The molecule has 0 spiro atoms. The van der Waals surface area contributed by atoms with E-state index >= 15 is 0 Å². The van der Waals surface area contributed by atoms with Crippen LogP contribution in [0.1, 0.15) is 29.7 Å². The number of nitrogens with zero attached hydrogens (tertiary/aromatic N) is 3. The van der Waals surface area contributed by atoms with Crippen LogP contribution in [0.15, 0.2) is 90.4 Å². The first-order valence-corrected chi connectivity index (χ1v) is 11.7. The molecule has 1 unspecified atom stereocenters. The minimum absolute atomic E-state index is 0.00240. The Morgan fingerprint density at radius 1 is 1.11 bits per heavy atom. The van der Waals surface area contributed by atoms with Crippen LogP contribution in [0.3, 0.4) is 0 Å². The molecule has 1 atom stereocenters. The number of rotatable bonds is 7. The number of ether oxygens (including phenoxy) is 1. The Labute approximate surface area is 212 Å². The number of nitrogens with one attached hydrogen (secondary N) is 2. The average molecular weight is 504 g/mol. The average Bonchev–Trinajstić information content (AvgIpc) is 3.35.